The van der Waals surface area contributed by atoms with Crippen molar-refractivity contribution in [2.45, 2.75) is 26.3 Å². The summed E-state index contributed by atoms with van der Waals surface area (Å²) >= 11 is 0. The largest absolute Gasteiger partial charge is 0.325 e. The van der Waals surface area contributed by atoms with Crippen LogP contribution in [-0.2, 0) is 11.3 Å². The molecule has 0 bridgehead atoms. The van der Waals surface area contributed by atoms with Gasteiger partial charge in [-0.3, -0.25) is 4.79 Å². The quantitative estimate of drug-likeness (QED) is 0.636. The summed E-state index contributed by atoms with van der Waals surface area (Å²) < 4.78 is 13.8. The summed E-state index contributed by atoms with van der Waals surface area (Å²) in [5.41, 5.74) is 1.94. The van der Waals surface area contributed by atoms with Crippen LogP contribution < -0.4 is 16.0 Å². The number of piperidine rings is 1. The van der Waals surface area contributed by atoms with Gasteiger partial charge in [-0.1, -0.05) is 37.3 Å². The highest BCUT2D eigenvalue weighted by Crippen LogP contribution is 2.22. The third kappa shape index (κ3) is 6.18. The first-order chi connectivity index (χ1) is 14.1. The lowest BCUT2D eigenvalue weighted by Gasteiger charge is -2.32. The number of rotatable bonds is 6. The Hall–Kier alpha value is -2.64. The molecule has 0 spiro atoms. The van der Waals surface area contributed by atoms with E-state index in [4.69, 9.17) is 0 Å². The Morgan fingerprint density at radius 2 is 1.77 bits per heavy atom. The van der Waals surface area contributed by atoms with Crippen LogP contribution in [0.2, 0.25) is 0 Å². The molecule has 2 aromatic rings. The summed E-state index contributed by atoms with van der Waals surface area (Å²) in [5.74, 6) is -0.885. The summed E-state index contributed by atoms with van der Waals surface area (Å²) in [6.45, 7) is 4.40. The Morgan fingerprint density at radius 1 is 1.07 bits per heavy atom. The van der Waals surface area contributed by atoms with Crippen molar-refractivity contribution in [1.82, 2.24) is 10.2 Å². The number of para-hydroxylation sites is 2. The first kappa shape index (κ1) is 23.6. The van der Waals surface area contributed by atoms with Gasteiger partial charge in [0.15, 0.2) is 0 Å². The molecule has 3 rings (SSSR count). The van der Waals surface area contributed by atoms with Gasteiger partial charge < -0.3 is 20.9 Å². The van der Waals surface area contributed by atoms with Crippen LogP contribution >= 0.6 is 12.4 Å². The molecule has 3 N–H and O–H groups in total. The number of nitrogens with zero attached hydrogens (tertiary/aromatic N) is 1. The molecule has 1 unspecified atom stereocenters. The normalized spacial score (nSPS) is 15.8. The lowest BCUT2D eigenvalue weighted by Crippen LogP contribution is -2.45. The van der Waals surface area contributed by atoms with Crippen LogP contribution in [0.15, 0.2) is 48.5 Å². The van der Waals surface area contributed by atoms with Gasteiger partial charge in [0.2, 0.25) is 5.91 Å². The molecule has 1 atom stereocenters. The number of hydrogen-bond donors (Lipinski definition) is 3. The molecule has 0 aromatic heterocycles. The monoisotopic (exact) mass is 434 g/mol. The molecule has 1 saturated heterocycles. The number of benzene rings is 2. The third-order valence-corrected chi connectivity index (χ3v) is 5.04. The topological polar surface area (TPSA) is 73.5 Å². The maximum absolute atomic E-state index is 13.8. The lowest BCUT2D eigenvalue weighted by atomic mass is 9.97. The fourth-order valence-electron chi connectivity index (χ4n) is 3.42. The van der Waals surface area contributed by atoms with Crippen molar-refractivity contribution in [3.8, 4) is 0 Å². The Labute approximate surface area is 182 Å². The molecule has 1 aliphatic rings. The van der Waals surface area contributed by atoms with Crippen LogP contribution in [-0.4, -0.2) is 36.5 Å². The molecule has 3 amide bonds. The number of halogens is 2. The van der Waals surface area contributed by atoms with Crippen molar-refractivity contribution in [2.24, 2.45) is 5.92 Å². The SMILES string of the molecule is CCNCc1ccccc1NC(=O)C1CCCN(C(=O)Nc2ccccc2F)C1.Cl. The van der Waals surface area contributed by atoms with Crippen molar-refractivity contribution in [1.29, 1.82) is 0 Å². The zero-order valence-corrected chi connectivity index (χ0v) is 17.8. The number of nitrogens with one attached hydrogen (secondary N) is 3. The van der Waals surface area contributed by atoms with Gasteiger partial charge in [-0.15, -0.1) is 12.4 Å². The third-order valence-electron chi connectivity index (χ3n) is 5.04. The molecule has 162 valence electrons. The molecule has 0 aliphatic carbocycles. The van der Waals surface area contributed by atoms with Gasteiger partial charge in [-0.25, -0.2) is 9.18 Å². The van der Waals surface area contributed by atoms with E-state index in [1.54, 1.807) is 17.0 Å². The first-order valence-electron chi connectivity index (χ1n) is 9.98. The van der Waals surface area contributed by atoms with Gasteiger partial charge >= 0.3 is 6.03 Å². The van der Waals surface area contributed by atoms with E-state index < -0.39 is 5.82 Å². The van der Waals surface area contributed by atoms with Crippen molar-refractivity contribution < 1.29 is 14.0 Å². The minimum absolute atomic E-state index is 0. The predicted octanol–water partition coefficient (Wildman–Crippen LogP) is 4.24. The molecule has 0 saturated carbocycles. The smallest absolute Gasteiger partial charge is 0.321 e. The number of amides is 3. The average Bonchev–Trinajstić information content (AvgIpc) is 2.74. The number of likely N-dealkylation sites (tertiary alicyclic amines) is 1. The fourth-order valence-corrected chi connectivity index (χ4v) is 3.42. The van der Waals surface area contributed by atoms with Gasteiger partial charge in [-0.2, -0.15) is 0 Å². The molecule has 1 fully saturated rings. The Balaban J connectivity index is 0.00000320. The van der Waals surface area contributed by atoms with E-state index in [0.717, 1.165) is 24.2 Å². The summed E-state index contributed by atoms with van der Waals surface area (Å²) in [7, 11) is 0. The predicted molar refractivity (Wildman–Crippen MR) is 119 cm³/mol. The van der Waals surface area contributed by atoms with Gasteiger partial charge in [0.1, 0.15) is 5.82 Å². The van der Waals surface area contributed by atoms with Gasteiger partial charge in [0, 0.05) is 25.3 Å². The molecular formula is C22H28ClFN4O2. The maximum Gasteiger partial charge on any atom is 0.321 e. The minimum atomic E-state index is -0.482. The Bertz CT molecular complexity index is 865. The van der Waals surface area contributed by atoms with Crippen LogP contribution in [0.1, 0.15) is 25.3 Å². The van der Waals surface area contributed by atoms with Crippen molar-refractivity contribution in [3.05, 3.63) is 59.9 Å². The van der Waals surface area contributed by atoms with Crippen LogP contribution in [0, 0.1) is 11.7 Å². The molecule has 30 heavy (non-hydrogen) atoms. The molecule has 1 heterocycles. The second-order valence-electron chi connectivity index (χ2n) is 7.12. The molecular weight excluding hydrogens is 407 g/mol. The highest BCUT2D eigenvalue weighted by molar-refractivity contribution is 5.94. The number of hydrogen-bond acceptors (Lipinski definition) is 3. The van der Waals surface area contributed by atoms with Crippen LogP contribution in [0.4, 0.5) is 20.6 Å². The first-order valence-corrected chi connectivity index (χ1v) is 9.98. The fraction of sp³-hybridized carbons (Fsp3) is 0.364. The number of anilines is 2. The van der Waals surface area contributed by atoms with E-state index in [-0.39, 0.29) is 36.0 Å². The van der Waals surface area contributed by atoms with Gasteiger partial charge in [0.25, 0.3) is 0 Å². The minimum Gasteiger partial charge on any atom is -0.325 e. The Morgan fingerprint density at radius 3 is 2.50 bits per heavy atom. The number of carbonyl (C=O) groups excluding carboxylic acids is 2. The second kappa shape index (κ2) is 11.5. The van der Waals surface area contributed by atoms with Crippen LogP contribution in [0.3, 0.4) is 0 Å². The average molecular weight is 435 g/mol. The number of urea groups is 1. The molecule has 1 aliphatic heterocycles. The molecule has 2 aromatic carbocycles. The zero-order chi connectivity index (χ0) is 20.6. The molecule has 8 heteroatoms. The second-order valence-corrected chi connectivity index (χ2v) is 7.12. The van der Waals surface area contributed by atoms with E-state index >= 15 is 0 Å². The van der Waals surface area contributed by atoms with E-state index in [2.05, 4.69) is 16.0 Å². The van der Waals surface area contributed by atoms with Crippen molar-refractivity contribution in [2.75, 3.05) is 30.3 Å². The van der Waals surface area contributed by atoms with Crippen LogP contribution in [0.25, 0.3) is 0 Å². The Kier molecular flexibility index (Phi) is 9.08. The van der Waals surface area contributed by atoms with Crippen molar-refractivity contribution in [3.63, 3.8) is 0 Å². The van der Waals surface area contributed by atoms with Gasteiger partial charge in [-0.05, 0) is 43.1 Å². The highest BCUT2D eigenvalue weighted by Gasteiger charge is 2.29. The van der Waals surface area contributed by atoms with E-state index in [1.165, 1.54) is 12.1 Å². The molecule has 0 radical (unpaired) electrons. The summed E-state index contributed by atoms with van der Waals surface area (Å²) in [6.07, 6.45) is 1.44. The molecule has 6 nitrogen and oxygen atoms in total. The summed E-state index contributed by atoms with van der Waals surface area (Å²) in [4.78, 5) is 26.9. The number of carbonyl (C=O) groups is 2. The lowest BCUT2D eigenvalue weighted by molar-refractivity contribution is -0.121. The highest BCUT2D eigenvalue weighted by atomic mass is 35.5. The maximum atomic E-state index is 13.8. The van der Waals surface area contributed by atoms with E-state index in [1.807, 2.05) is 31.2 Å². The summed E-state index contributed by atoms with van der Waals surface area (Å²) in [5, 5.41) is 8.87. The van der Waals surface area contributed by atoms with E-state index in [0.29, 0.717) is 26.1 Å². The summed E-state index contributed by atoms with van der Waals surface area (Å²) in [6, 6.07) is 13.4. The van der Waals surface area contributed by atoms with E-state index in [9.17, 15) is 14.0 Å². The van der Waals surface area contributed by atoms with Crippen molar-refractivity contribution >= 4 is 35.7 Å². The van der Waals surface area contributed by atoms with Crippen LogP contribution in [0.5, 0.6) is 0 Å². The zero-order valence-electron chi connectivity index (χ0n) is 17.0. The standard InChI is InChI=1S/C22H27FN4O2.ClH/c1-2-24-14-16-8-3-5-11-19(16)25-21(28)17-9-7-13-27(15-17)22(29)26-20-12-6-4-10-18(20)23;/h3-6,8,10-12,17,24H,2,7,9,13-15H2,1H3,(H,25,28)(H,26,29);1H. The van der Waals surface area contributed by atoms with Gasteiger partial charge in [0.05, 0.1) is 11.6 Å².